The molecule has 0 radical (unpaired) electrons. The Labute approximate surface area is 131 Å². The second kappa shape index (κ2) is 7.19. The maximum atomic E-state index is 13.5. The molecule has 1 aliphatic heterocycles. The van der Waals surface area contributed by atoms with Gasteiger partial charge in [-0.15, -0.1) is 0 Å². The van der Waals surface area contributed by atoms with Crippen molar-refractivity contribution >= 4 is 12.0 Å². The van der Waals surface area contributed by atoms with Gasteiger partial charge < -0.3 is 19.5 Å². The van der Waals surface area contributed by atoms with Crippen LogP contribution in [0, 0.1) is 11.6 Å². The molecule has 6 nitrogen and oxygen atoms in total. The molecular weight excluding hydrogens is 310 g/mol. The zero-order valence-corrected chi connectivity index (χ0v) is 12.9. The number of aliphatic imine (C=N–C) groups is 1. The lowest BCUT2D eigenvalue weighted by molar-refractivity contribution is -0.136. The molecule has 1 aliphatic rings. The van der Waals surface area contributed by atoms with E-state index in [2.05, 4.69) is 10.3 Å². The van der Waals surface area contributed by atoms with Crippen molar-refractivity contribution in [2.45, 2.75) is 6.04 Å². The van der Waals surface area contributed by atoms with E-state index >= 15 is 0 Å². The number of benzene rings is 1. The van der Waals surface area contributed by atoms with Gasteiger partial charge >= 0.3 is 5.97 Å². The van der Waals surface area contributed by atoms with Crippen LogP contribution in [0.4, 0.5) is 8.78 Å². The number of amidine groups is 1. The predicted octanol–water partition coefficient (Wildman–Crippen LogP) is 1.69. The van der Waals surface area contributed by atoms with E-state index in [4.69, 9.17) is 14.2 Å². The summed E-state index contributed by atoms with van der Waals surface area (Å²) in [6.07, 6.45) is 0. The van der Waals surface area contributed by atoms with Crippen LogP contribution in [0.3, 0.4) is 0 Å². The molecule has 1 aromatic carbocycles. The molecule has 1 aromatic rings. The highest BCUT2D eigenvalue weighted by atomic mass is 19.1. The summed E-state index contributed by atoms with van der Waals surface area (Å²) < 4.78 is 41.9. The standard InChI is InChI=1S/C15H16F2N2O4/c1-21-7-11-12(14(20)22-2)13(19-15(18-11)23-3)8-4-9(16)6-10(17)5-8/h4-6,13H,7H2,1-3H3,(H,18,19). The van der Waals surface area contributed by atoms with E-state index in [0.717, 1.165) is 18.2 Å². The molecule has 0 aliphatic carbocycles. The normalized spacial score (nSPS) is 17.4. The molecule has 1 heterocycles. The Bertz CT molecular complexity index is 653. The highest BCUT2D eigenvalue weighted by molar-refractivity contribution is 5.94. The van der Waals surface area contributed by atoms with Crippen LogP contribution >= 0.6 is 0 Å². The number of rotatable bonds is 4. The first-order valence-electron chi connectivity index (χ1n) is 6.65. The Morgan fingerprint density at radius 1 is 1.22 bits per heavy atom. The van der Waals surface area contributed by atoms with E-state index in [1.54, 1.807) is 0 Å². The molecule has 124 valence electrons. The van der Waals surface area contributed by atoms with Crippen molar-refractivity contribution in [2.75, 3.05) is 27.9 Å². The molecule has 1 unspecified atom stereocenters. The molecule has 0 bridgehead atoms. The molecular formula is C15H16F2N2O4. The average Bonchev–Trinajstić information content (AvgIpc) is 2.52. The van der Waals surface area contributed by atoms with Crippen molar-refractivity contribution in [1.29, 1.82) is 0 Å². The predicted molar refractivity (Wildman–Crippen MR) is 77.6 cm³/mol. The number of nitrogens with one attached hydrogen (secondary N) is 1. The first-order chi connectivity index (χ1) is 11.0. The van der Waals surface area contributed by atoms with Crippen LogP contribution < -0.4 is 5.32 Å². The van der Waals surface area contributed by atoms with E-state index in [1.165, 1.54) is 21.3 Å². The Balaban J connectivity index is 2.59. The van der Waals surface area contributed by atoms with Gasteiger partial charge in [0.15, 0.2) is 0 Å². The monoisotopic (exact) mass is 326 g/mol. The minimum Gasteiger partial charge on any atom is -0.468 e. The molecule has 23 heavy (non-hydrogen) atoms. The van der Waals surface area contributed by atoms with Crippen molar-refractivity contribution in [2.24, 2.45) is 4.99 Å². The maximum absolute atomic E-state index is 13.5. The minimum atomic E-state index is -0.884. The maximum Gasteiger partial charge on any atom is 0.338 e. The zero-order valence-electron chi connectivity index (χ0n) is 12.9. The molecule has 0 spiro atoms. The molecule has 2 rings (SSSR count). The number of hydrogen-bond donors (Lipinski definition) is 1. The molecule has 1 atom stereocenters. The molecule has 0 amide bonds. The second-order valence-corrected chi connectivity index (χ2v) is 4.69. The van der Waals surface area contributed by atoms with Gasteiger partial charge in [0.05, 0.1) is 38.1 Å². The van der Waals surface area contributed by atoms with Gasteiger partial charge in [0.2, 0.25) is 0 Å². The number of hydrogen-bond acceptors (Lipinski definition) is 6. The van der Waals surface area contributed by atoms with Gasteiger partial charge in [-0.05, 0) is 17.7 Å². The first kappa shape index (κ1) is 16.9. The number of halogens is 2. The Hall–Kier alpha value is -2.48. The Morgan fingerprint density at radius 2 is 1.87 bits per heavy atom. The van der Waals surface area contributed by atoms with Crippen LogP contribution in [-0.2, 0) is 19.0 Å². The fraction of sp³-hybridized carbons (Fsp3) is 0.333. The average molecular weight is 326 g/mol. The van der Waals surface area contributed by atoms with E-state index in [1.807, 2.05) is 0 Å². The molecule has 8 heteroatoms. The smallest absolute Gasteiger partial charge is 0.338 e. The lowest BCUT2D eigenvalue weighted by Gasteiger charge is -2.27. The fourth-order valence-electron chi connectivity index (χ4n) is 2.27. The van der Waals surface area contributed by atoms with E-state index in [-0.39, 0.29) is 29.5 Å². The van der Waals surface area contributed by atoms with E-state index in [9.17, 15) is 13.6 Å². The summed E-state index contributed by atoms with van der Waals surface area (Å²) in [4.78, 5) is 16.2. The van der Waals surface area contributed by atoms with Crippen LogP contribution in [0.25, 0.3) is 0 Å². The minimum absolute atomic E-state index is 0.00721. The van der Waals surface area contributed by atoms with Gasteiger partial charge in [0.1, 0.15) is 11.6 Å². The number of nitrogens with zero attached hydrogens (tertiary/aromatic N) is 1. The van der Waals surface area contributed by atoms with Crippen LogP contribution in [-0.4, -0.2) is 39.9 Å². The largest absolute Gasteiger partial charge is 0.468 e. The summed E-state index contributed by atoms with van der Waals surface area (Å²) in [5.74, 6) is -2.21. The topological polar surface area (TPSA) is 69.2 Å². The number of esters is 1. The van der Waals surface area contributed by atoms with Crippen molar-refractivity contribution in [3.8, 4) is 0 Å². The van der Waals surface area contributed by atoms with Gasteiger partial charge in [-0.25, -0.2) is 13.6 Å². The highest BCUT2D eigenvalue weighted by Crippen LogP contribution is 2.30. The van der Waals surface area contributed by atoms with Gasteiger partial charge in [-0.1, -0.05) is 0 Å². The van der Waals surface area contributed by atoms with Crippen molar-refractivity contribution in [3.63, 3.8) is 0 Å². The Morgan fingerprint density at radius 3 is 2.39 bits per heavy atom. The van der Waals surface area contributed by atoms with Gasteiger partial charge in [0, 0.05) is 13.2 Å². The third-order valence-corrected chi connectivity index (χ3v) is 3.20. The van der Waals surface area contributed by atoms with Crippen LogP contribution in [0.2, 0.25) is 0 Å². The summed E-state index contributed by atoms with van der Waals surface area (Å²) in [7, 11) is 4.02. The summed E-state index contributed by atoms with van der Waals surface area (Å²) in [6.45, 7) is 0.00721. The Kier molecular flexibility index (Phi) is 5.28. The lowest BCUT2D eigenvalue weighted by Crippen LogP contribution is -2.38. The summed E-state index contributed by atoms with van der Waals surface area (Å²) >= 11 is 0. The third-order valence-electron chi connectivity index (χ3n) is 3.20. The number of methoxy groups -OCH3 is 3. The number of carbonyl (C=O) groups is 1. The van der Waals surface area contributed by atoms with Crippen LogP contribution in [0.5, 0.6) is 0 Å². The van der Waals surface area contributed by atoms with E-state index < -0.39 is 23.6 Å². The number of carbonyl (C=O) groups excluding carboxylic acids is 1. The molecule has 0 fully saturated rings. The number of ether oxygens (including phenoxy) is 3. The first-order valence-corrected chi connectivity index (χ1v) is 6.65. The molecule has 1 N–H and O–H groups in total. The summed E-state index contributed by atoms with van der Waals surface area (Å²) in [5, 5.41) is 2.81. The van der Waals surface area contributed by atoms with Gasteiger partial charge in [-0.3, -0.25) is 0 Å². The molecule has 0 saturated carbocycles. The lowest BCUT2D eigenvalue weighted by atomic mass is 9.95. The fourth-order valence-corrected chi connectivity index (χ4v) is 2.27. The third kappa shape index (κ3) is 3.65. The van der Waals surface area contributed by atoms with Crippen molar-refractivity contribution in [1.82, 2.24) is 5.32 Å². The van der Waals surface area contributed by atoms with Crippen LogP contribution in [0.15, 0.2) is 34.5 Å². The molecule has 0 saturated heterocycles. The second-order valence-electron chi connectivity index (χ2n) is 4.69. The van der Waals surface area contributed by atoms with Crippen molar-refractivity contribution < 1.29 is 27.8 Å². The summed E-state index contributed by atoms with van der Waals surface area (Å²) in [6, 6.07) is 2.19. The van der Waals surface area contributed by atoms with Crippen LogP contribution in [0.1, 0.15) is 11.6 Å². The SMILES string of the molecule is COCC1=C(C(=O)OC)C(c2cc(F)cc(F)c2)NC(OC)=N1. The summed E-state index contributed by atoms with van der Waals surface area (Å²) in [5.41, 5.74) is 0.547. The van der Waals surface area contributed by atoms with Crippen molar-refractivity contribution in [3.05, 3.63) is 46.7 Å². The quantitative estimate of drug-likeness (QED) is 0.853. The van der Waals surface area contributed by atoms with Gasteiger partial charge in [-0.2, -0.15) is 4.99 Å². The highest BCUT2D eigenvalue weighted by Gasteiger charge is 2.32. The zero-order chi connectivity index (χ0) is 17.0. The van der Waals surface area contributed by atoms with E-state index in [0.29, 0.717) is 0 Å². The molecule has 0 aromatic heterocycles. The van der Waals surface area contributed by atoms with Gasteiger partial charge in [0.25, 0.3) is 6.02 Å².